The van der Waals surface area contributed by atoms with Gasteiger partial charge in [0, 0.05) is 26.1 Å². The lowest BCUT2D eigenvalue weighted by Crippen LogP contribution is -2.32. The molecule has 2 aliphatic heterocycles. The van der Waals surface area contributed by atoms with Crippen molar-refractivity contribution in [1.29, 1.82) is 0 Å². The van der Waals surface area contributed by atoms with Crippen LogP contribution < -0.4 is 0 Å². The van der Waals surface area contributed by atoms with E-state index in [1.54, 1.807) is 0 Å². The largest absolute Gasteiger partial charge is 0.393 e. The lowest BCUT2D eigenvalue weighted by molar-refractivity contribution is -0.198. The van der Waals surface area contributed by atoms with E-state index in [1.807, 2.05) is 0 Å². The van der Waals surface area contributed by atoms with Crippen molar-refractivity contribution >= 4 is 6.29 Å². The summed E-state index contributed by atoms with van der Waals surface area (Å²) < 4.78 is 24.2. The first-order valence-corrected chi connectivity index (χ1v) is 12.5. The van der Waals surface area contributed by atoms with Gasteiger partial charge in [0.1, 0.15) is 6.29 Å². The summed E-state index contributed by atoms with van der Waals surface area (Å²) in [5.74, 6) is 0.0703. The summed E-state index contributed by atoms with van der Waals surface area (Å²) in [6.07, 6.45) is 15.5. The van der Waals surface area contributed by atoms with Crippen LogP contribution in [0, 0.1) is 11.8 Å². The second-order valence-corrected chi connectivity index (χ2v) is 9.27. The van der Waals surface area contributed by atoms with Crippen LogP contribution in [0.15, 0.2) is 12.2 Å². The Labute approximate surface area is 187 Å². The highest BCUT2D eigenvalue weighted by Gasteiger charge is 2.44. The molecule has 0 aromatic rings. The highest BCUT2D eigenvalue weighted by Crippen LogP contribution is 2.41. The minimum absolute atomic E-state index is 0.0177. The highest BCUT2D eigenvalue weighted by molar-refractivity contribution is 5.50. The number of carbonyl (C=O) groups excluding carboxylic acids is 1. The molecule has 0 amide bonds. The number of hydrogen-bond donors (Lipinski definition) is 1. The zero-order valence-corrected chi connectivity index (χ0v) is 19.2. The van der Waals surface area contributed by atoms with Gasteiger partial charge in [0.2, 0.25) is 0 Å². The minimum atomic E-state index is -0.500. The average Bonchev–Trinajstić information content (AvgIpc) is 3.07. The smallest absolute Gasteiger partial charge is 0.158 e. The average molecular weight is 439 g/mol. The molecule has 31 heavy (non-hydrogen) atoms. The van der Waals surface area contributed by atoms with Crippen LogP contribution in [-0.4, -0.2) is 55.5 Å². The lowest BCUT2D eigenvalue weighted by Gasteiger charge is -2.31. The Morgan fingerprint density at radius 2 is 1.81 bits per heavy atom. The molecule has 178 valence electrons. The maximum atomic E-state index is 11.3. The molecule has 3 rings (SSSR count). The number of ether oxygens (including phenoxy) is 4. The topological polar surface area (TPSA) is 74.2 Å². The first kappa shape index (κ1) is 24.8. The molecule has 6 heteroatoms. The van der Waals surface area contributed by atoms with Crippen LogP contribution >= 0.6 is 0 Å². The van der Waals surface area contributed by atoms with Gasteiger partial charge < -0.3 is 28.8 Å². The van der Waals surface area contributed by atoms with E-state index in [0.717, 1.165) is 83.7 Å². The highest BCUT2D eigenvalue weighted by atomic mass is 16.7. The van der Waals surface area contributed by atoms with E-state index in [0.29, 0.717) is 12.8 Å². The fourth-order valence-electron chi connectivity index (χ4n) is 5.16. The van der Waals surface area contributed by atoms with Crippen molar-refractivity contribution in [2.75, 3.05) is 13.2 Å². The van der Waals surface area contributed by atoms with Gasteiger partial charge in [-0.1, -0.05) is 25.5 Å². The summed E-state index contributed by atoms with van der Waals surface area (Å²) >= 11 is 0. The van der Waals surface area contributed by atoms with E-state index < -0.39 is 6.10 Å². The number of aldehydes is 1. The van der Waals surface area contributed by atoms with E-state index in [4.69, 9.17) is 18.9 Å². The molecule has 3 aliphatic rings. The Morgan fingerprint density at radius 3 is 2.45 bits per heavy atom. The summed E-state index contributed by atoms with van der Waals surface area (Å²) in [5.41, 5.74) is 0. The molecule has 0 spiro atoms. The van der Waals surface area contributed by atoms with Gasteiger partial charge in [-0.2, -0.15) is 0 Å². The first-order chi connectivity index (χ1) is 15.2. The normalized spacial score (nSPS) is 35.4. The number of unbranched alkanes of at least 4 members (excludes halogenated alkanes) is 1. The Hall–Kier alpha value is -0.790. The summed E-state index contributed by atoms with van der Waals surface area (Å²) in [7, 11) is 0. The van der Waals surface area contributed by atoms with Crippen molar-refractivity contribution in [2.45, 2.75) is 115 Å². The van der Waals surface area contributed by atoms with E-state index >= 15 is 0 Å². The molecule has 7 atom stereocenters. The fraction of sp³-hybridized carbons (Fsp3) is 0.880. The maximum Gasteiger partial charge on any atom is 0.158 e. The van der Waals surface area contributed by atoms with E-state index in [2.05, 4.69) is 19.1 Å². The lowest BCUT2D eigenvalue weighted by atomic mass is 9.86. The maximum absolute atomic E-state index is 11.3. The molecule has 1 saturated carbocycles. The second kappa shape index (κ2) is 13.7. The van der Waals surface area contributed by atoms with Crippen LogP contribution in [-0.2, 0) is 23.7 Å². The van der Waals surface area contributed by atoms with E-state index in [1.165, 1.54) is 0 Å². The van der Waals surface area contributed by atoms with Gasteiger partial charge in [0.25, 0.3) is 0 Å². The van der Waals surface area contributed by atoms with Crippen molar-refractivity contribution in [1.82, 2.24) is 0 Å². The van der Waals surface area contributed by atoms with Crippen LogP contribution in [0.3, 0.4) is 0 Å². The summed E-state index contributed by atoms with van der Waals surface area (Å²) in [6.45, 7) is 3.68. The van der Waals surface area contributed by atoms with Gasteiger partial charge in [-0.25, -0.2) is 0 Å². The molecule has 0 radical (unpaired) electrons. The van der Waals surface area contributed by atoms with Gasteiger partial charge in [0.15, 0.2) is 12.6 Å². The van der Waals surface area contributed by atoms with Crippen LogP contribution in [0.5, 0.6) is 0 Å². The van der Waals surface area contributed by atoms with Gasteiger partial charge in [0.05, 0.1) is 18.3 Å². The number of carbonyl (C=O) groups is 1. The molecule has 0 aromatic carbocycles. The van der Waals surface area contributed by atoms with Crippen molar-refractivity contribution in [3.8, 4) is 0 Å². The fourth-order valence-corrected chi connectivity index (χ4v) is 5.16. The minimum Gasteiger partial charge on any atom is -0.393 e. The molecule has 0 bridgehead atoms. The zero-order chi connectivity index (χ0) is 21.9. The Morgan fingerprint density at radius 1 is 1.06 bits per heavy atom. The van der Waals surface area contributed by atoms with Crippen molar-refractivity contribution in [3.05, 3.63) is 12.2 Å². The number of aliphatic hydroxyl groups is 1. The predicted octanol–water partition coefficient (Wildman–Crippen LogP) is 4.53. The number of rotatable bonds is 12. The number of hydrogen-bond acceptors (Lipinski definition) is 6. The summed E-state index contributed by atoms with van der Waals surface area (Å²) in [6, 6.07) is 0. The summed E-state index contributed by atoms with van der Waals surface area (Å²) in [4.78, 5) is 11.3. The third-order valence-corrected chi connectivity index (χ3v) is 6.88. The third-order valence-electron chi connectivity index (χ3n) is 6.88. The van der Waals surface area contributed by atoms with Crippen LogP contribution in [0.25, 0.3) is 0 Å². The molecule has 1 aliphatic carbocycles. The van der Waals surface area contributed by atoms with Crippen molar-refractivity contribution in [3.63, 3.8) is 0 Å². The van der Waals surface area contributed by atoms with E-state index in [-0.39, 0.29) is 36.6 Å². The Balaban J connectivity index is 1.61. The summed E-state index contributed by atoms with van der Waals surface area (Å²) in [5, 5.41) is 10.6. The third kappa shape index (κ3) is 7.93. The first-order valence-electron chi connectivity index (χ1n) is 12.5. The molecule has 6 nitrogen and oxygen atoms in total. The standard InChI is InChI=1S/C25H42O6/c1-2-3-4-9-19(30-24-10-5-7-16-28-24)12-13-21-20(14-15-26)22(27)18-23(21)31-25-11-6-8-17-29-25/h4,9,15,19-25,27H,2-3,5-8,10-14,16-18H2,1H3/t19?,20-,21-,22+,23-,24?,25?/m1/s1. The SMILES string of the molecule is CCCC=CC(CC[C@@H]1[C@@H](CC=O)[C@@H](O)C[C@H]1OC1CCCCO1)OC1CCCCO1. The van der Waals surface area contributed by atoms with Gasteiger partial charge in [-0.05, 0) is 69.6 Å². The van der Waals surface area contributed by atoms with Gasteiger partial charge in [-0.15, -0.1) is 0 Å². The molecule has 1 N–H and O–H groups in total. The van der Waals surface area contributed by atoms with Crippen molar-refractivity contribution in [2.24, 2.45) is 11.8 Å². The molecular weight excluding hydrogens is 396 g/mol. The monoisotopic (exact) mass is 438 g/mol. The molecule has 0 aromatic heterocycles. The van der Waals surface area contributed by atoms with Crippen LogP contribution in [0.4, 0.5) is 0 Å². The van der Waals surface area contributed by atoms with Crippen molar-refractivity contribution < 1.29 is 28.8 Å². The van der Waals surface area contributed by atoms with Crippen LogP contribution in [0.1, 0.15) is 84.0 Å². The Bertz CT molecular complexity index is 526. The Kier molecular flexibility index (Phi) is 11.0. The quantitative estimate of drug-likeness (QED) is 0.356. The predicted molar refractivity (Wildman–Crippen MR) is 118 cm³/mol. The van der Waals surface area contributed by atoms with Gasteiger partial charge >= 0.3 is 0 Å². The van der Waals surface area contributed by atoms with E-state index in [9.17, 15) is 9.90 Å². The zero-order valence-electron chi connectivity index (χ0n) is 19.2. The molecular formula is C25H42O6. The number of allylic oxidation sites excluding steroid dienone is 1. The molecule has 2 saturated heterocycles. The van der Waals surface area contributed by atoms with Crippen LogP contribution in [0.2, 0.25) is 0 Å². The second-order valence-electron chi connectivity index (χ2n) is 9.27. The number of aliphatic hydroxyl groups excluding tert-OH is 1. The molecule has 2 heterocycles. The molecule has 3 fully saturated rings. The van der Waals surface area contributed by atoms with Gasteiger partial charge in [-0.3, -0.25) is 0 Å². The molecule has 3 unspecified atom stereocenters.